The zero-order valence-corrected chi connectivity index (χ0v) is 7.06. The molecule has 0 bridgehead atoms. The highest BCUT2D eigenvalue weighted by Gasteiger charge is 2.56. The van der Waals surface area contributed by atoms with E-state index in [9.17, 15) is 14.7 Å². The first kappa shape index (κ1) is 8.50. The van der Waals surface area contributed by atoms with Crippen molar-refractivity contribution in [3.63, 3.8) is 0 Å². The van der Waals surface area contributed by atoms with Gasteiger partial charge in [-0.25, -0.2) is 4.79 Å². The van der Waals surface area contributed by atoms with Crippen LogP contribution in [0.1, 0.15) is 19.3 Å². The van der Waals surface area contributed by atoms with Gasteiger partial charge in [-0.3, -0.25) is 4.79 Å². The molecule has 72 valence electrons. The molecule has 2 rings (SSSR count). The van der Waals surface area contributed by atoms with Crippen LogP contribution in [0.25, 0.3) is 0 Å². The number of hydrogen-bond donors (Lipinski definition) is 2. The first-order chi connectivity index (χ1) is 6.06. The molecule has 0 saturated carbocycles. The number of nitrogens with zero attached hydrogens (tertiary/aromatic N) is 1. The summed E-state index contributed by atoms with van der Waals surface area (Å²) in [7, 11) is 0. The van der Waals surface area contributed by atoms with E-state index < -0.39 is 17.6 Å². The lowest BCUT2D eigenvalue weighted by Crippen LogP contribution is -2.47. The average molecular weight is 185 g/mol. The molecule has 5 nitrogen and oxygen atoms in total. The van der Waals surface area contributed by atoms with Crippen molar-refractivity contribution >= 4 is 11.9 Å². The number of rotatable bonds is 1. The van der Waals surface area contributed by atoms with Crippen molar-refractivity contribution in [3.05, 3.63) is 0 Å². The highest BCUT2D eigenvalue weighted by molar-refractivity contribution is 5.91. The number of carboxylic acid groups (broad SMARTS) is 1. The Hall–Kier alpha value is -1.10. The predicted octanol–water partition coefficient (Wildman–Crippen LogP) is -0.803. The van der Waals surface area contributed by atoms with Crippen molar-refractivity contribution in [1.29, 1.82) is 0 Å². The predicted molar refractivity (Wildman–Crippen MR) is 41.9 cm³/mol. The number of aliphatic hydroxyl groups excluding tert-OH is 1. The molecule has 0 aliphatic carbocycles. The molecule has 2 saturated heterocycles. The number of fused-ring (bicyclic) bond motifs is 1. The molecular formula is C8H11NO4. The largest absolute Gasteiger partial charge is 0.479 e. The summed E-state index contributed by atoms with van der Waals surface area (Å²) in [5, 5.41) is 18.3. The summed E-state index contributed by atoms with van der Waals surface area (Å²) in [6.07, 6.45) is 0.117. The average Bonchev–Trinajstić information content (AvgIpc) is 2.51. The third kappa shape index (κ3) is 0.966. The summed E-state index contributed by atoms with van der Waals surface area (Å²) in [4.78, 5) is 23.6. The standard InChI is InChI=1S/C8H11NO4/c10-5-3-8(7(12)13)2-1-6(11)9(8)4-5/h5,10H,1-4H2,(H,12,13)/t5-,8+/m0/s1. The molecule has 2 aliphatic heterocycles. The lowest BCUT2D eigenvalue weighted by molar-refractivity contribution is -0.151. The van der Waals surface area contributed by atoms with Gasteiger partial charge >= 0.3 is 5.97 Å². The summed E-state index contributed by atoms with van der Waals surface area (Å²) >= 11 is 0. The van der Waals surface area contributed by atoms with Gasteiger partial charge in [-0.15, -0.1) is 0 Å². The van der Waals surface area contributed by atoms with Gasteiger partial charge in [0.05, 0.1) is 6.10 Å². The topological polar surface area (TPSA) is 77.8 Å². The minimum absolute atomic E-state index is 0.154. The molecule has 1 amide bonds. The molecular weight excluding hydrogens is 174 g/mol. The number of carbonyl (C=O) groups excluding carboxylic acids is 1. The maximum absolute atomic E-state index is 11.3. The Bertz CT molecular complexity index is 277. The monoisotopic (exact) mass is 185 g/mol. The van der Waals surface area contributed by atoms with Crippen molar-refractivity contribution in [3.8, 4) is 0 Å². The molecule has 0 aromatic heterocycles. The zero-order chi connectivity index (χ0) is 9.64. The first-order valence-electron chi connectivity index (χ1n) is 4.28. The number of amides is 1. The molecule has 0 aromatic rings. The summed E-state index contributed by atoms with van der Waals surface area (Å²) in [6.45, 7) is 0.172. The minimum Gasteiger partial charge on any atom is -0.479 e. The van der Waals surface area contributed by atoms with Crippen LogP contribution in [0.15, 0.2) is 0 Å². The van der Waals surface area contributed by atoms with E-state index >= 15 is 0 Å². The van der Waals surface area contributed by atoms with E-state index in [0.717, 1.165) is 0 Å². The van der Waals surface area contributed by atoms with Gasteiger partial charge in [0.1, 0.15) is 5.54 Å². The Morgan fingerprint density at radius 3 is 2.85 bits per heavy atom. The van der Waals surface area contributed by atoms with Crippen molar-refractivity contribution in [2.75, 3.05) is 6.54 Å². The maximum atomic E-state index is 11.3. The quantitative estimate of drug-likeness (QED) is 0.560. The van der Waals surface area contributed by atoms with E-state index in [-0.39, 0.29) is 18.9 Å². The van der Waals surface area contributed by atoms with Gasteiger partial charge in [0.15, 0.2) is 0 Å². The number of aliphatic carboxylic acids is 1. The summed E-state index contributed by atoms with van der Waals surface area (Å²) in [5.74, 6) is -1.14. The molecule has 0 radical (unpaired) electrons. The van der Waals surface area contributed by atoms with Crippen LogP contribution in [-0.4, -0.2) is 45.2 Å². The van der Waals surface area contributed by atoms with Gasteiger partial charge in [-0.2, -0.15) is 0 Å². The van der Waals surface area contributed by atoms with E-state index in [1.54, 1.807) is 0 Å². The van der Waals surface area contributed by atoms with E-state index in [2.05, 4.69) is 0 Å². The molecule has 2 aliphatic rings. The van der Waals surface area contributed by atoms with E-state index in [0.29, 0.717) is 12.8 Å². The Morgan fingerprint density at radius 1 is 1.62 bits per heavy atom. The van der Waals surface area contributed by atoms with E-state index in [1.165, 1.54) is 4.90 Å². The van der Waals surface area contributed by atoms with Gasteiger partial charge in [0.2, 0.25) is 5.91 Å². The number of β-amino-alcohol motifs (C(OH)–C–C–N with tert-alkyl or cyclic N) is 1. The van der Waals surface area contributed by atoms with E-state index in [4.69, 9.17) is 5.11 Å². The maximum Gasteiger partial charge on any atom is 0.329 e. The number of aliphatic hydroxyl groups is 1. The fourth-order valence-electron chi connectivity index (χ4n) is 2.29. The Labute approximate surface area is 75.0 Å². The normalized spacial score (nSPS) is 38.1. The van der Waals surface area contributed by atoms with Crippen LogP contribution in [0, 0.1) is 0 Å². The zero-order valence-electron chi connectivity index (χ0n) is 7.06. The molecule has 2 fully saturated rings. The second-order valence-electron chi connectivity index (χ2n) is 3.70. The van der Waals surface area contributed by atoms with Crippen LogP contribution in [0.4, 0.5) is 0 Å². The van der Waals surface area contributed by atoms with Crippen LogP contribution in [0.2, 0.25) is 0 Å². The molecule has 0 unspecified atom stereocenters. The Kier molecular flexibility index (Phi) is 1.60. The minimum atomic E-state index is -1.10. The summed E-state index contributed by atoms with van der Waals surface area (Å²) in [6, 6.07) is 0. The van der Waals surface area contributed by atoms with Crippen molar-refractivity contribution in [2.45, 2.75) is 30.9 Å². The smallest absolute Gasteiger partial charge is 0.329 e. The van der Waals surface area contributed by atoms with Crippen LogP contribution in [-0.2, 0) is 9.59 Å². The number of carbonyl (C=O) groups is 2. The van der Waals surface area contributed by atoms with Gasteiger partial charge in [0, 0.05) is 19.4 Å². The number of carboxylic acids is 1. The van der Waals surface area contributed by atoms with Gasteiger partial charge in [-0.1, -0.05) is 0 Å². The van der Waals surface area contributed by atoms with Gasteiger partial charge in [-0.05, 0) is 6.42 Å². The van der Waals surface area contributed by atoms with Gasteiger partial charge in [0.25, 0.3) is 0 Å². The highest BCUT2D eigenvalue weighted by Crippen LogP contribution is 2.39. The van der Waals surface area contributed by atoms with Crippen molar-refractivity contribution in [2.24, 2.45) is 0 Å². The molecule has 2 atom stereocenters. The van der Waals surface area contributed by atoms with Crippen LogP contribution in [0.5, 0.6) is 0 Å². The van der Waals surface area contributed by atoms with Crippen LogP contribution < -0.4 is 0 Å². The molecule has 0 spiro atoms. The lowest BCUT2D eigenvalue weighted by atomic mass is 9.94. The molecule has 2 heterocycles. The number of hydrogen-bond acceptors (Lipinski definition) is 3. The SMILES string of the molecule is O=C1CC[C@]2(C(=O)O)C[C@H](O)CN12. The fraction of sp³-hybridized carbons (Fsp3) is 0.750. The van der Waals surface area contributed by atoms with Gasteiger partial charge < -0.3 is 15.1 Å². The fourth-order valence-corrected chi connectivity index (χ4v) is 2.29. The second kappa shape index (κ2) is 2.45. The molecule has 0 aromatic carbocycles. The van der Waals surface area contributed by atoms with Crippen LogP contribution >= 0.6 is 0 Å². The third-order valence-electron chi connectivity index (χ3n) is 2.93. The summed E-state index contributed by atoms with van der Waals surface area (Å²) in [5.41, 5.74) is -1.10. The molecule has 5 heteroatoms. The van der Waals surface area contributed by atoms with Crippen LogP contribution in [0.3, 0.4) is 0 Å². The first-order valence-corrected chi connectivity index (χ1v) is 4.28. The molecule has 2 N–H and O–H groups in total. The third-order valence-corrected chi connectivity index (χ3v) is 2.93. The summed E-state index contributed by atoms with van der Waals surface area (Å²) < 4.78 is 0. The Balaban J connectivity index is 2.35. The lowest BCUT2D eigenvalue weighted by Gasteiger charge is -2.26. The van der Waals surface area contributed by atoms with Crippen molar-refractivity contribution < 1.29 is 19.8 Å². The second-order valence-corrected chi connectivity index (χ2v) is 3.70. The Morgan fingerprint density at radius 2 is 2.31 bits per heavy atom. The highest BCUT2D eigenvalue weighted by atomic mass is 16.4. The molecule has 13 heavy (non-hydrogen) atoms. The van der Waals surface area contributed by atoms with Crippen molar-refractivity contribution in [1.82, 2.24) is 4.90 Å². The van der Waals surface area contributed by atoms with E-state index in [1.807, 2.05) is 0 Å².